The van der Waals surface area contributed by atoms with Crippen LogP contribution in [0.5, 0.6) is 0 Å². The highest BCUT2D eigenvalue weighted by Crippen LogP contribution is 2.09. The average Bonchev–Trinajstić information content (AvgIpc) is 2.25. The lowest BCUT2D eigenvalue weighted by Crippen LogP contribution is -2.30. The number of hydrogen-bond acceptors (Lipinski definition) is 3. The second-order valence-corrected chi connectivity index (χ2v) is 7.67. The first-order valence-electron chi connectivity index (χ1n) is 6.89. The van der Waals surface area contributed by atoms with Crippen molar-refractivity contribution in [1.82, 2.24) is 5.32 Å². The molecule has 0 saturated heterocycles. The lowest BCUT2D eigenvalue weighted by molar-refractivity contribution is 0.444. The van der Waals surface area contributed by atoms with E-state index in [0.29, 0.717) is 11.8 Å². The van der Waals surface area contributed by atoms with Crippen molar-refractivity contribution < 1.29 is 8.42 Å². The molecule has 0 fully saturated rings. The van der Waals surface area contributed by atoms with Gasteiger partial charge in [0, 0.05) is 6.04 Å². The van der Waals surface area contributed by atoms with Crippen molar-refractivity contribution in [1.29, 1.82) is 0 Å². The molecule has 0 rings (SSSR count). The second-order valence-electron chi connectivity index (χ2n) is 5.00. The van der Waals surface area contributed by atoms with Crippen molar-refractivity contribution in [2.75, 3.05) is 12.3 Å². The molecule has 1 unspecified atom stereocenters. The molecule has 1 N–H and O–H groups in total. The Bertz CT molecular complexity index is 273. The van der Waals surface area contributed by atoms with Crippen LogP contribution in [0.25, 0.3) is 0 Å². The highest BCUT2D eigenvalue weighted by molar-refractivity contribution is 7.91. The summed E-state index contributed by atoms with van der Waals surface area (Å²) < 4.78 is 23.3. The normalized spacial score (nSPS) is 14.2. The zero-order chi connectivity index (χ0) is 13.3. The molecule has 0 aromatic rings. The molecule has 0 bridgehead atoms. The lowest BCUT2D eigenvalue weighted by atomic mass is 10.1. The molecule has 3 nitrogen and oxygen atoms in total. The summed E-state index contributed by atoms with van der Waals surface area (Å²) in [5, 5.41) is 3.25. The van der Waals surface area contributed by atoms with Crippen molar-refractivity contribution in [2.45, 2.75) is 71.1 Å². The van der Waals surface area contributed by atoms with Crippen LogP contribution in [0, 0.1) is 0 Å². The van der Waals surface area contributed by atoms with Gasteiger partial charge in [0.05, 0.1) is 11.0 Å². The fourth-order valence-electron chi connectivity index (χ4n) is 1.81. The minimum Gasteiger partial charge on any atom is -0.314 e. The van der Waals surface area contributed by atoms with E-state index in [-0.39, 0.29) is 5.25 Å². The van der Waals surface area contributed by atoms with Crippen LogP contribution in [0.3, 0.4) is 0 Å². The van der Waals surface area contributed by atoms with Crippen molar-refractivity contribution in [3.63, 3.8) is 0 Å². The van der Waals surface area contributed by atoms with E-state index in [1.54, 1.807) is 13.8 Å². The summed E-state index contributed by atoms with van der Waals surface area (Å²) >= 11 is 0. The molecule has 0 aromatic heterocycles. The zero-order valence-electron chi connectivity index (χ0n) is 11.8. The molecule has 0 aliphatic rings. The van der Waals surface area contributed by atoms with E-state index in [9.17, 15) is 8.42 Å². The summed E-state index contributed by atoms with van der Waals surface area (Å²) in [6, 6.07) is 0.488. The summed E-state index contributed by atoms with van der Waals surface area (Å²) in [6.07, 6.45) is 5.17. The monoisotopic (exact) mass is 263 g/mol. The summed E-state index contributed by atoms with van der Waals surface area (Å²) in [5.41, 5.74) is 0. The maximum Gasteiger partial charge on any atom is 0.152 e. The third-order valence-electron chi connectivity index (χ3n) is 3.02. The zero-order valence-corrected chi connectivity index (χ0v) is 12.6. The van der Waals surface area contributed by atoms with Crippen LogP contribution in [0.1, 0.15) is 59.8 Å². The highest BCUT2D eigenvalue weighted by Gasteiger charge is 2.16. The van der Waals surface area contributed by atoms with Crippen molar-refractivity contribution >= 4 is 9.84 Å². The van der Waals surface area contributed by atoms with Gasteiger partial charge in [0.2, 0.25) is 0 Å². The maximum atomic E-state index is 11.7. The summed E-state index contributed by atoms with van der Waals surface area (Å²) in [6.45, 7) is 8.87. The predicted octanol–water partition coefficient (Wildman–Crippen LogP) is 2.76. The Morgan fingerprint density at radius 2 is 1.71 bits per heavy atom. The van der Waals surface area contributed by atoms with Crippen molar-refractivity contribution in [3.05, 3.63) is 0 Å². The van der Waals surface area contributed by atoms with Gasteiger partial charge in [0.15, 0.2) is 9.84 Å². The standard InChI is InChI=1S/C13H29NO2S/c1-5-8-13(14-10-6-2)9-7-11-17(15,16)12(3)4/h12-14H,5-11H2,1-4H3. The molecular formula is C13H29NO2S. The van der Waals surface area contributed by atoms with Gasteiger partial charge in [0.1, 0.15) is 0 Å². The van der Waals surface area contributed by atoms with Gasteiger partial charge in [-0.05, 0) is 46.1 Å². The largest absolute Gasteiger partial charge is 0.314 e. The number of nitrogens with one attached hydrogen (secondary N) is 1. The topological polar surface area (TPSA) is 46.2 Å². The molecule has 4 heteroatoms. The van der Waals surface area contributed by atoms with Crippen molar-refractivity contribution in [2.24, 2.45) is 0 Å². The van der Waals surface area contributed by atoms with Crippen LogP contribution in [-0.4, -0.2) is 32.0 Å². The van der Waals surface area contributed by atoms with Gasteiger partial charge in [-0.1, -0.05) is 20.3 Å². The van der Waals surface area contributed by atoms with Gasteiger partial charge in [0.25, 0.3) is 0 Å². The van der Waals surface area contributed by atoms with E-state index < -0.39 is 9.84 Å². The smallest absolute Gasteiger partial charge is 0.152 e. The first-order chi connectivity index (χ1) is 7.94. The third kappa shape index (κ3) is 7.77. The van der Waals surface area contributed by atoms with Crippen molar-refractivity contribution in [3.8, 4) is 0 Å². The molecule has 0 saturated carbocycles. The fraction of sp³-hybridized carbons (Fsp3) is 1.00. The molecule has 0 spiro atoms. The first-order valence-corrected chi connectivity index (χ1v) is 8.60. The van der Waals surface area contributed by atoms with Gasteiger partial charge in [-0.15, -0.1) is 0 Å². The molecule has 0 aromatic carbocycles. The molecule has 0 amide bonds. The Morgan fingerprint density at radius 3 is 2.18 bits per heavy atom. The quantitative estimate of drug-likeness (QED) is 0.659. The Morgan fingerprint density at radius 1 is 1.06 bits per heavy atom. The van der Waals surface area contributed by atoms with Crippen LogP contribution >= 0.6 is 0 Å². The van der Waals surface area contributed by atoms with E-state index in [1.165, 1.54) is 0 Å². The number of hydrogen-bond donors (Lipinski definition) is 1. The summed E-state index contributed by atoms with van der Waals surface area (Å²) in [4.78, 5) is 0. The molecule has 1 atom stereocenters. The SMILES string of the molecule is CCCNC(CCC)CCCS(=O)(=O)C(C)C. The van der Waals surface area contributed by atoms with Crippen LogP contribution in [0.15, 0.2) is 0 Å². The molecule has 0 aliphatic carbocycles. The molecule has 0 heterocycles. The van der Waals surface area contributed by atoms with E-state index in [1.807, 2.05) is 0 Å². The molecule has 104 valence electrons. The summed E-state index contributed by atoms with van der Waals surface area (Å²) in [7, 11) is -2.86. The number of sulfone groups is 1. The minimum atomic E-state index is -2.86. The van der Waals surface area contributed by atoms with E-state index >= 15 is 0 Å². The van der Waals surface area contributed by atoms with Crippen LogP contribution in [0.4, 0.5) is 0 Å². The number of rotatable bonds is 10. The fourth-order valence-corrected chi connectivity index (χ4v) is 2.85. The molecule has 0 aliphatic heterocycles. The average molecular weight is 263 g/mol. The van der Waals surface area contributed by atoms with Gasteiger partial charge in [-0.2, -0.15) is 0 Å². The molecule has 0 radical (unpaired) electrons. The Kier molecular flexibility index (Phi) is 8.88. The second kappa shape index (κ2) is 8.92. The summed E-state index contributed by atoms with van der Waals surface area (Å²) in [5.74, 6) is 0.332. The van der Waals surface area contributed by atoms with Crippen LogP contribution < -0.4 is 5.32 Å². The molecule has 17 heavy (non-hydrogen) atoms. The van der Waals surface area contributed by atoms with E-state index in [2.05, 4.69) is 19.2 Å². The first kappa shape index (κ1) is 16.9. The van der Waals surface area contributed by atoms with Gasteiger partial charge in [-0.3, -0.25) is 0 Å². The van der Waals surface area contributed by atoms with Crippen LogP contribution in [-0.2, 0) is 9.84 Å². The Balaban J connectivity index is 3.96. The lowest BCUT2D eigenvalue weighted by Gasteiger charge is -2.18. The highest BCUT2D eigenvalue weighted by atomic mass is 32.2. The van der Waals surface area contributed by atoms with Gasteiger partial charge >= 0.3 is 0 Å². The van der Waals surface area contributed by atoms with Gasteiger partial charge in [-0.25, -0.2) is 8.42 Å². The minimum absolute atomic E-state index is 0.240. The molecular weight excluding hydrogens is 234 g/mol. The van der Waals surface area contributed by atoms with Crippen LogP contribution in [0.2, 0.25) is 0 Å². The Labute approximate surface area is 107 Å². The van der Waals surface area contributed by atoms with Gasteiger partial charge < -0.3 is 5.32 Å². The van der Waals surface area contributed by atoms with E-state index in [4.69, 9.17) is 0 Å². The Hall–Kier alpha value is -0.0900. The maximum absolute atomic E-state index is 11.7. The van der Waals surface area contributed by atoms with E-state index in [0.717, 1.165) is 38.6 Å². The predicted molar refractivity (Wildman–Crippen MR) is 75.1 cm³/mol. The third-order valence-corrected chi connectivity index (χ3v) is 5.31.